The molecule has 1 aromatic heterocycles. The van der Waals surface area contributed by atoms with E-state index in [2.05, 4.69) is 4.74 Å². The summed E-state index contributed by atoms with van der Waals surface area (Å²) in [5, 5.41) is 0.236. The van der Waals surface area contributed by atoms with Gasteiger partial charge in [-0.05, 0) is 0 Å². The number of carbonyl (C=O) groups excluding carboxylic acids is 2. The van der Waals surface area contributed by atoms with Crippen molar-refractivity contribution in [1.82, 2.24) is 0 Å². The van der Waals surface area contributed by atoms with Gasteiger partial charge in [0.2, 0.25) is 0 Å². The molecule has 1 heterocycles. The van der Waals surface area contributed by atoms with Crippen LogP contribution >= 0.6 is 11.6 Å². The van der Waals surface area contributed by atoms with E-state index in [0.717, 1.165) is 0 Å². The summed E-state index contributed by atoms with van der Waals surface area (Å²) in [6, 6.07) is 1.46. The van der Waals surface area contributed by atoms with Crippen LogP contribution in [0, 0.1) is 0 Å². The second-order valence-electron chi connectivity index (χ2n) is 2.73. The zero-order valence-electron chi connectivity index (χ0n) is 7.80. The first-order valence-electron chi connectivity index (χ1n) is 3.93. The number of carbonyl (C=O) groups is 2. The van der Waals surface area contributed by atoms with Crippen LogP contribution in [0.2, 0.25) is 5.02 Å². The molecule has 4 nitrogen and oxygen atoms in total. The van der Waals surface area contributed by atoms with Crippen molar-refractivity contribution in [2.24, 2.45) is 0 Å². The van der Waals surface area contributed by atoms with E-state index in [-0.39, 0.29) is 23.2 Å². The maximum atomic E-state index is 10.9. The Labute approximate surface area is 85.8 Å². The van der Waals surface area contributed by atoms with E-state index >= 15 is 0 Å². The molecule has 0 aliphatic rings. The Kier molecular flexibility index (Phi) is 3.30. The van der Waals surface area contributed by atoms with Crippen LogP contribution in [0.5, 0.6) is 0 Å². The number of hydrogen-bond donors (Lipinski definition) is 0. The molecule has 0 saturated heterocycles. The molecule has 0 aliphatic carbocycles. The normalized spacial score (nSPS) is 9.93. The number of rotatable bonds is 3. The van der Waals surface area contributed by atoms with Crippen LogP contribution in [0.3, 0.4) is 0 Å². The van der Waals surface area contributed by atoms with Gasteiger partial charge in [0, 0.05) is 19.9 Å². The van der Waals surface area contributed by atoms with Crippen molar-refractivity contribution in [3.8, 4) is 0 Å². The molecular formula is C9H9ClO4. The topological polar surface area (TPSA) is 56.5 Å². The summed E-state index contributed by atoms with van der Waals surface area (Å²) in [4.78, 5) is 21.4. The molecule has 0 radical (unpaired) electrons. The fourth-order valence-corrected chi connectivity index (χ4v) is 1.19. The highest BCUT2D eigenvalue weighted by Gasteiger charge is 2.13. The molecule has 0 fully saturated rings. The molecule has 0 N–H and O–H groups in total. The second-order valence-corrected chi connectivity index (χ2v) is 3.13. The van der Waals surface area contributed by atoms with Crippen LogP contribution in [0.4, 0.5) is 0 Å². The molecule has 0 amide bonds. The molecule has 14 heavy (non-hydrogen) atoms. The molecule has 0 aromatic carbocycles. The molecular weight excluding hydrogens is 208 g/mol. The van der Waals surface area contributed by atoms with Gasteiger partial charge in [-0.2, -0.15) is 0 Å². The Hall–Kier alpha value is -1.29. The number of hydrogen-bond acceptors (Lipinski definition) is 4. The van der Waals surface area contributed by atoms with Crippen LogP contribution in [0.15, 0.2) is 10.5 Å². The molecule has 76 valence electrons. The van der Waals surface area contributed by atoms with Crippen molar-refractivity contribution in [3.63, 3.8) is 0 Å². The quantitative estimate of drug-likeness (QED) is 0.574. The van der Waals surface area contributed by atoms with Crippen molar-refractivity contribution in [2.45, 2.75) is 20.5 Å². The lowest BCUT2D eigenvalue weighted by atomic mass is 10.3. The SMILES string of the molecule is CC(=O)OCc1cc(Cl)c(C(C)=O)o1. The van der Waals surface area contributed by atoms with Crippen LogP contribution in [0.25, 0.3) is 0 Å². The monoisotopic (exact) mass is 216 g/mol. The Balaban J connectivity index is 2.76. The van der Waals surface area contributed by atoms with Gasteiger partial charge in [-0.3, -0.25) is 9.59 Å². The summed E-state index contributed by atoms with van der Waals surface area (Å²) in [5.74, 6) is -0.227. The average Bonchev–Trinajstić information content (AvgIpc) is 2.43. The highest BCUT2D eigenvalue weighted by Crippen LogP contribution is 2.21. The molecule has 1 aromatic rings. The molecule has 0 atom stereocenters. The van der Waals surface area contributed by atoms with Crippen molar-refractivity contribution >= 4 is 23.4 Å². The summed E-state index contributed by atoms with van der Waals surface area (Å²) in [5.41, 5.74) is 0. The van der Waals surface area contributed by atoms with Gasteiger partial charge in [0.25, 0.3) is 0 Å². The summed E-state index contributed by atoms with van der Waals surface area (Å²) in [6.07, 6.45) is 0. The standard InChI is InChI=1S/C9H9ClO4/c1-5(11)9-8(10)3-7(14-9)4-13-6(2)12/h3H,4H2,1-2H3. The predicted molar refractivity (Wildman–Crippen MR) is 49.2 cm³/mol. The third kappa shape index (κ3) is 2.60. The van der Waals surface area contributed by atoms with Gasteiger partial charge < -0.3 is 9.15 Å². The molecule has 5 heteroatoms. The first-order chi connectivity index (χ1) is 6.50. The molecule has 0 bridgehead atoms. The van der Waals surface area contributed by atoms with E-state index < -0.39 is 5.97 Å². The van der Waals surface area contributed by atoms with Crippen molar-refractivity contribution in [2.75, 3.05) is 0 Å². The minimum Gasteiger partial charge on any atom is -0.458 e. The lowest BCUT2D eigenvalue weighted by molar-refractivity contribution is -0.142. The fourth-order valence-electron chi connectivity index (χ4n) is 0.900. The Morgan fingerprint density at radius 1 is 1.50 bits per heavy atom. The zero-order valence-corrected chi connectivity index (χ0v) is 8.55. The lowest BCUT2D eigenvalue weighted by Crippen LogP contribution is -1.97. The van der Waals surface area contributed by atoms with Gasteiger partial charge >= 0.3 is 5.97 Å². The van der Waals surface area contributed by atoms with Gasteiger partial charge in [0.1, 0.15) is 12.4 Å². The second kappa shape index (κ2) is 4.28. The van der Waals surface area contributed by atoms with Crippen molar-refractivity contribution in [1.29, 1.82) is 0 Å². The lowest BCUT2D eigenvalue weighted by Gasteiger charge is -1.96. The fraction of sp³-hybridized carbons (Fsp3) is 0.333. The zero-order chi connectivity index (χ0) is 10.7. The summed E-state index contributed by atoms with van der Waals surface area (Å²) < 4.78 is 9.74. The van der Waals surface area contributed by atoms with Crippen molar-refractivity contribution in [3.05, 3.63) is 22.6 Å². The predicted octanol–water partition coefficient (Wildman–Crippen LogP) is 2.20. The number of ketones is 1. The van der Waals surface area contributed by atoms with E-state index in [0.29, 0.717) is 5.76 Å². The Morgan fingerprint density at radius 2 is 2.14 bits per heavy atom. The van der Waals surface area contributed by atoms with E-state index in [4.69, 9.17) is 16.0 Å². The van der Waals surface area contributed by atoms with Gasteiger partial charge in [-0.25, -0.2) is 0 Å². The first kappa shape index (κ1) is 10.8. The Morgan fingerprint density at radius 3 is 2.57 bits per heavy atom. The molecule has 0 unspecified atom stereocenters. The maximum absolute atomic E-state index is 10.9. The number of halogens is 1. The number of furan rings is 1. The molecule has 0 saturated carbocycles. The smallest absolute Gasteiger partial charge is 0.303 e. The van der Waals surface area contributed by atoms with Gasteiger partial charge in [-0.1, -0.05) is 11.6 Å². The van der Waals surface area contributed by atoms with E-state index in [9.17, 15) is 9.59 Å². The van der Waals surface area contributed by atoms with Gasteiger partial charge in [-0.15, -0.1) is 0 Å². The minimum absolute atomic E-state index is 0.0116. The van der Waals surface area contributed by atoms with E-state index in [1.165, 1.54) is 19.9 Å². The molecule has 0 spiro atoms. The Bertz CT molecular complexity index is 367. The van der Waals surface area contributed by atoms with Gasteiger partial charge in [0.05, 0.1) is 5.02 Å². The van der Waals surface area contributed by atoms with Crippen LogP contribution in [-0.4, -0.2) is 11.8 Å². The minimum atomic E-state index is -0.415. The highest BCUT2D eigenvalue weighted by molar-refractivity contribution is 6.33. The third-order valence-corrected chi connectivity index (χ3v) is 1.76. The van der Waals surface area contributed by atoms with E-state index in [1.807, 2.05) is 0 Å². The largest absolute Gasteiger partial charge is 0.458 e. The number of Topliss-reactive ketones (excluding diaryl/α,β-unsaturated/α-hetero) is 1. The van der Waals surface area contributed by atoms with Crippen LogP contribution < -0.4 is 0 Å². The average molecular weight is 217 g/mol. The molecule has 0 aliphatic heterocycles. The number of esters is 1. The van der Waals surface area contributed by atoms with Gasteiger partial charge in [0.15, 0.2) is 11.5 Å². The summed E-state index contributed by atoms with van der Waals surface area (Å²) in [6.45, 7) is 2.62. The van der Waals surface area contributed by atoms with Crippen molar-refractivity contribution < 1.29 is 18.7 Å². The van der Waals surface area contributed by atoms with E-state index in [1.54, 1.807) is 0 Å². The number of ether oxygens (including phenoxy) is 1. The molecule has 1 rings (SSSR count). The van der Waals surface area contributed by atoms with Crippen LogP contribution in [0.1, 0.15) is 30.2 Å². The first-order valence-corrected chi connectivity index (χ1v) is 4.31. The third-order valence-electron chi connectivity index (χ3n) is 1.48. The van der Waals surface area contributed by atoms with Crippen LogP contribution in [-0.2, 0) is 16.1 Å². The maximum Gasteiger partial charge on any atom is 0.303 e. The highest BCUT2D eigenvalue weighted by atomic mass is 35.5. The summed E-state index contributed by atoms with van der Waals surface area (Å²) >= 11 is 5.70. The summed E-state index contributed by atoms with van der Waals surface area (Å²) in [7, 11) is 0.